The fourth-order valence-corrected chi connectivity index (χ4v) is 0.380. The van der Waals surface area contributed by atoms with Crippen molar-refractivity contribution in [3.05, 3.63) is 0 Å². The number of carboxylic acid groups (broad SMARTS) is 2. The van der Waals surface area contributed by atoms with Crippen molar-refractivity contribution < 1.29 is 38.9 Å². The predicted molar refractivity (Wildman–Crippen MR) is 43.3 cm³/mol. The molecule has 0 aliphatic carbocycles. The van der Waals surface area contributed by atoms with Gasteiger partial charge in [0.25, 0.3) is 0 Å². The number of aliphatic carboxylic acids is 2. The number of carbonyl (C=O) groups is 4. The zero-order valence-electron chi connectivity index (χ0n) is 8.68. The van der Waals surface area contributed by atoms with Gasteiger partial charge in [0.1, 0.15) is 6.42 Å². The Kier molecular flexibility index (Phi) is 9.62. The van der Waals surface area contributed by atoms with Gasteiger partial charge in [0.15, 0.2) is 0 Å². The Morgan fingerprint density at radius 3 is 1.25 bits per heavy atom. The lowest BCUT2D eigenvalue weighted by molar-refractivity contribution is -0.322. The number of rotatable bonds is 4. The van der Waals surface area contributed by atoms with Crippen molar-refractivity contribution in [2.45, 2.75) is 12.8 Å². The quantitative estimate of drug-likeness (QED) is 0.363. The van der Waals surface area contributed by atoms with E-state index in [0.717, 1.165) is 0 Å². The summed E-state index contributed by atoms with van der Waals surface area (Å²) < 4.78 is 8.37. The third kappa shape index (κ3) is 14.4. The SMILES string of the molecule is COC(=O)CC(=O)OC.O=C([O-])CC(=O)[O-]. The van der Waals surface area contributed by atoms with Crippen LogP contribution in [-0.4, -0.2) is 38.1 Å². The zero-order chi connectivity index (χ0) is 13.1. The molecular weight excluding hydrogens is 224 g/mol. The summed E-state index contributed by atoms with van der Waals surface area (Å²) in [6, 6.07) is 0. The number of ether oxygens (including phenoxy) is 2. The molecule has 8 nitrogen and oxygen atoms in total. The molecule has 0 aromatic heterocycles. The highest BCUT2D eigenvalue weighted by molar-refractivity contribution is 5.90. The topological polar surface area (TPSA) is 133 Å². The molecule has 0 aliphatic heterocycles. The van der Waals surface area contributed by atoms with E-state index in [1.54, 1.807) is 0 Å². The summed E-state index contributed by atoms with van der Waals surface area (Å²) in [5, 5.41) is 18.6. The molecule has 0 saturated carbocycles. The molecule has 0 unspecified atom stereocenters. The minimum atomic E-state index is -1.63. The molecule has 0 N–H and O–H groups in total. The van der Waals surface area contributed by atoms with Gasteiger partial charge in [0.05, 0.1) is 14.2 Å². The Hall–Kier alpha value is -2.12. The highest BCUT2D eigenvalue weighted by atomic mass is 16.5. The summed E-state index contributed by atoms with van der Waals surface area (Å²) in [6.07, 6.45) is -1.34. The first kappa shape index (κ1) is 16.3. The standard InChI is InChI=1S/C5H8O4.C3H4O4/c1-8-4(6)3-5(7)9-2;4-2(5)1-3(6)7/h3H2,1-2H3;1H2,(H,4,5)(H,6,7)/p-2. The normalized spacial score (nSPS) is 8.12. The van der Waals surface area contributed by atoms with Gasteiger partial charge in [0, 0.05) is 18.4 Å². The van der Waals surface area contributed by atoms with Gasteiger partial charge in [0.2, 0.25) is 0 Å². The Morgan fingerprint density at radius 2 is 1.12 bits per heavy atom. The maximum Gasteiger partial charge on any atom is 0.316 e. The van der Waals surface area contributed by atoms with Crippen molar-refractivity contribution in [1.82, 2.24) is 0 Å². The summed E-state index contributed by atoms with van der Waals surface area (Å²) >= 11 is 0. The second kappa shape index (κ2) is 9.44. The number of esters is 2. The van der Waals surface area contributed by atoms with Gasteiger partial charge >= 0.3 is 11.9 Å². The molecule has 92 valence electrons. The smallest absolute Gasteiger partial charge is 0.316 e. The first-order valence-corrected chi connectivity index (χ1v) is 3.86. The Bertz CT molecular complexity index is 243. The monoisotopic (exact) mass is 234 g/mol. The molecule has 0 atom stereocenters. The fraction of sp³-hybridized carbons (Fsp3) is 0.500. The van der Waals surface area contributed by atoms with Gasteiger partial charge in [-0.15, -0.1) is 0 Å². The number of hydrogen-bond acceptors (Lipinski definition) is 8. The van der Waals surface area contributed by atoms with Gasteiger partial charge in [-0.1, -0.05) is 0 Å². The van der Waals surface area contributed by atoms with Crippen LogP contribution in [0.1, 0.15) is 12.8 Å². The second-order valence-electron chi connectivity index (χ2n) is 2.25. The van der Waals surface area contributed by atoms with Crippen LogP contribution in [0.5, 0.6) is 0 Å². The van der Waals surface area contributed by atoms with E-state index in [-0.39, 0.29) is 6.42 Å². The van der Waals surface area contributed by atoms with Crippen LogP contribution in [0.2, 0.25) is 0 Å². The zero-order valence-corrected chi connectivity index (χ0v) is 8.68. The largest absolute Gasteiger partial charge is 0.550 e. The van der Waals surface area contributed by atoms with Crippen molar-refractivity contribution >= 4 is 23.9 Å². The summed E-state index contributed by atoms with van der Waals surface area (Å²) in [5.74, 6) is -4.41. The van der Waals surface area contributed by atoms with Gasteiger partial charge in [-0.2, -0.15) is 0 Å². The van der Waals surface area contributed by atoms with E-state index in [1.807, 2.05) is 0 Å². The molecule has 8 heteroatoms. The van der Waals surface area contributed by atoms with E-state index >= 15 is 0 Å². The molecule has 0 aromatic rings. The Labute approximate surface area is 90.8 Å². The molecule has 0 bridgehead atoms. The van der Waals surface area contributed by atoms with E-state index < -0.39 is 30.3 Å². The van der Waals surface area contributed by atoms with Crippen LogP contribution < -0.4 is 10.2 Å². The van der Waals surface area contributed by atoms with Gasteiger partial charge < -0.3 is 29.3 Å². The highest BCUT2D eigenvalue weighted by Crippen LogP contribution is 1.85. The molecule has 0 aliphatic rings. The maximum atomic E-state index is 10.3. The minimum Gasteiger partial charge on any atom is -0.550 e. The van der Waals surface area contributed by atoms with E-state index in [9.17, 15) is 29.4 Å². The van der Waals surface area contributed by atoms with E-state index in [2.05, 4.69) is 9.47 Å². The van der Waals surface area contributed by atoms with Crippen LogP contribution in [0, 0.1) is 0 Å². The molecule has 0 aromatic carbocycles. The maximum absolute atomic E-state index is 10.3. The fourth-order valence-electron chi connectivity index (χ4n) is 0.380. The third-order valence-corrected chi connectivity index (χ3v) is 1.03. The average molecular weight is 234 g/mol. The number of carboxylic acids is 2. The van der Waals surface area contributed by atoms with Crippen LogP contribution in [-0.2, 0) is 28.7 Å². The number of hydrogen-bond donors (Lipinski definition) is 0. The van der Waals surface area contributed by atoms with E-state index in [1.165, 1.54) is 14.2 Å². The molecule has 16 heavy (non-hydrogen) atoms. The van der Waals surface area contributed by atoms with Crippen molar-refractivity contribution in [3.63, 3.8) is 0 Å². The number of carbonyl (C=O) groups excluding carboxylic acids is 4. The lowest BCUT2D eigenvalue weighted by Crippen LogP contribution is -2.32. The van der Waals surface area contributed by atoms with E-state index in [4.69, 9.17) is 0 Å². The van der Waals surface area contributed by atoms with Gasteiger partial charge in [-0.05, 0) is 0 Å². The third-order valence-electron chi connectivity index (χ3n) is 1.03. The summed E-state index contributed by atoms with van der Waals surface area (Å²) in [5.41, 5.74) is 0. The molecule has 0 saturated heterocycles. The van der Waals surface area contributed by atoms with E-state index in [0.29, 0.717) is 0 Å². The lowest BCUT2D eigenvalue weighted by Gasteiger charge is -1.99. The van der Waals surface area contributed by atoms with Crippen molar-refractivity contribution in [1.29, 1.82) is 0 Å². The Balaban J connectivity index is 0. The molecule has 0 heterocycles. The average Bonchev–Trinajstić information content (AvgIpc) is 2.16. The molecular formula is C8H10O8-2. The summed E-state index contributed by atoms with van der Waals surface area (Å²) in [6.45, 7) is 0. The predicted octanol–water partition coefficient (Wildman–Crippen LogP) is -3.40. The van der Waals surface area contributed by atoms with Crippen molar-refractivity contribution in [3.8, 4) is 0 Å². The highest BCUT2D eigenvalue weighted by Gasteiger charge is 2.07. The molecule has 0 spiro atoms. The van der Waals surface area contributed by atoms with Crippen LogP contribution in [0.3, 0.4) is 0 Å². The van der Waals surface area contributed by atoms with Gasteiger partial charge in [-0.3, -0.25) is 9.59 Å². The number of methoxy groups -OCH3 is 2. The van der Waals surface area contributed by atoms with Crippen LogP contribution >= 0.6 is 0 Å². The van der Waals surface area contributed by atoms with Crippen LogP contribution in [0.25, 0.3) is 0 Å². The Morgan fingerprint density at radius 1 is 0.812 bits per heavy atom. The van der Waals surface area contributed by atoms with Gasteiger partial charge in [-0.25, -0.2) is 0 Å². The molecule has 0 fully saturated rings. The van der Waals surface area contributed by atoms with Crippen molar-refractivity contribution in [2.24, 2.45) is 0 Å². The molecule has 0 radical (unpaired) electrons. The van der Waals surface area contributed by atoms with Crippen LogP contribution in [0.15, 0.2) is 0 Å². The minimum absolute atomic E-state index is 0.312. The molecule has 0 amide bonds. The summed E-state index contributed by atoms with van der Waals surface area (Å²) in [4.78, 5) is 39.1. The van der Waals surface area contributed by atoms with Crippen molar-refractivity contribution in [2.75, 3.05) is 14.2 Å². The second-order valence-corrected chi connectivity index (χ2v) is 2.25. The first-order valence-electron chi connectivity index (χ1n) is 3.86. The first-order chi connectivity index (χ1) is 7.33. The molecule has 0 rings (SSSR count). The summed E-state index contributed by atoms with van der Waals surface area (Å²) in [7, 11) is 2.43. The van der Waals surface area contributed by atoms with Crippen LogP contribution in [0.4, 0.5) is 0 Å². The lowest BCUT2D eigenvalue weighted by atomic mass is 10.4.